The van der Waals surface area contributed by atoms with Crippen molar-refractivity contribution in [1.82, 2.24) is 19.9 Å². The number of rotatable bonds is 4. The molecular formula is C43H28N4O2. The fourth-order valence-electron chi connectivity index (χ4n) is 7.38. The lowest BCUT2D eigenvalue weighted by atomic mass is 9.81. The molecule has 0 saturated carbocycles. The molecule has 0 amide bonds. The zero-order valence-electron chi connectivity index (χ0n) is 26.8. The normalized spacial score (nSPS) is 13.3. The maximum atomic E-state index is 6.51. The summed E-state index contributed by atoms with van der Waals surface area (Å²) in [4.78, 5) is 20.0. The van der Waals surface area contributed by atoms with Crippen LogP contribution in [0.5, 0.6) is 0 Å². The number of oxazole rings is 1. The summed E-state index contributed by atoms with van der Waals surface area (Å²) in [5.41, 5.74) is 11.2. The van der Waals surface area contributed by atoms with Gasteiger partial charge in [-0.1, -0.05) is 111 Å². The summed E-state index contributed by atoms with van der Waals surface area (Å²) in [6.45, 7) is 4.50. The third-order valence-corrected chi connectivity index (χ3v) is 9.76. The lowest BCUT2D eigenvalue weighted by molar-refractivity contribution is 0.593. The summed E-state index contributed by atoms with van der Waals surface area (Å²) in [5.74, 6) is 2.40. The molecule has 3 heterocycles. The molecule has 9 aromatic rings. The summed E-state index contributed by atoms with van der Waals surface area (Å²) in [6, 6.07) is 45.1. The minimum atomic E-state index is -0.355. The third-order valence-electron chi connectivity index (χ3n) is 9.76. The van der Waals surface area contributed by atoms with E-state index in [1.807, 2.05) is 91.0 Å². The molecule has 6 aromatic carbocycles. The monoisotopic (exact) mass is 632 g/mol. The Morgan fingerprint density at radius 3 is 1.96 bits per heavy atom. The number of hydrogen-bond donors (Lipinski definition) is 0. The van der Waals surface area contributed by atoms with Gasteiger partial charge in [-0.05, 0) is 53.1 Å². The van der Waals surface area contributed by atoms with E-state index in [0.717, 1.165) is 66.4 Å². The van der Waals surface area contributed by atoms with Crippen LogP contribution in [0.25, 0.3) is 89.8 Å². The number of para-hydroxylation sites is 2. The van der Waals surface area contributed by atoms with E-state index in [1.165, 1.54) is 11.1 Å². The van der Waals surface area contributed by atoms with Crippen LogP contribution in [0.15, 0.2) is 142 Å². The highest BCUT2D eigenvalue weighted by atomic mass is 16.3. The topological polar surface area (TPSA) is 77.8 Å². The SMILES string of the molecule is CC1(C)c2cc(-c3nc(-c4ccccc4)nc(-c4cccc5c4oc4ccccc45)n3)ccc2-c2ccc3nc(-c4ccccc4)oc3c21. The summed E-state index contributed by atoms with van der Waals surface area (Å²) < 4.78 is 12.9. The van der Waals surface area contributed by atoms with Crippen LogP contribution in [0.3, 0.4) is 0 Å². The highest BCUT2D eigenvalue weighted by molar-refractivity contribution is 6.09. The van der Waals surface area contributed by atoms with Gasteiger partial charge in [-0.3, -0.25) is 0 Å². The lowest BCUT2D eigenvalue weighted by Crippen LogP contribution is -2.15. The molecule has 0 unspecified atom stereocenters. The van der Waals surface area contributed by atoms with Gasteiger partial charge in [0.15, 0.2) is 23.1 Å². The van der Waals surface area contributed by atoms with Gasteiger partial charge in [0.25, 0.3) is 0 Å². The van der Waals surface area contributed by atoms with Gasteiger partial charge in [-0.25, -0.2) is 19.9 Å². The van der Waals surface area contributed by atoms with E-state index in [2.05, 4.69) is 56.3 Å². The molecule has 0 fully saturated rings. The first kappa shape index (κ1) is 27.7. The van der Waals surface area contributed by atoms with Crippen molar-refractivity contribution in [1.29, 1.82) is 0 Å². The van der Waals surface area contributed by atoms with Gasteiger partial charge in [0, 0.05) is 38.4 Å². The minimum absolute atomic E-state index is 0.355. The molecule has 3 aromatic heterocycles. The van der Waals surface area contributed by atoms with Gasteiger partial charge in [0.1, 0.15) is 16.7 Å². The van der Waals surface area contributed by atoms with Crippen LogP contribution in [0.1, 0.15) is 25.0 Å². The fraction of sp³-hybridized carbons (Fsp3) is 0.0698. The van der Waals surface area contributed by atoms with Crippen molar-refractivity contribution in [3.8, 4) is 56.7 Å². The molecule has 0 atom stereocenters. The van der Waals surface area contributed by atoms with Crippen molar-refractivity contribution >= 4 is 33.0 Å². The van der Waals surface area contributed by atoms with Crippen LogP contribution in [-0.2, 0) is 5.41 Å². The Bertz CT molecular complexity index is 2740. The molecule has 6 heteroatoms. The van der Waals surface area contributed by atoms with Crippen LogP contribution in [0.4, 0.5) is 0 Å². The van der Waals surface area contributed by atoms with Crippen molar-refractivity contribution in [2.75, 3.05) is 0 Å². The fourth-order valence-corrected chi connectivity index (χ4v) is 7.38. The second kappa shape index (κ2) is 10.3. The first-order valence-electron chi connectivity index (χ1n) is 16.4. The predicted molar refractivity (Wildman–Crippen MR) is 194 cm³/mol. The average Bonchev–Trinajstić information content (AvgIpc) is 3.82. The Morgan fingerprint density at radius 2 is 1.14 bits per heavy atom. The number of hydrogen-bond acceptors (Lipinski definition) is 6. The molecule has 0 N–H and O–H groups in total. The van der Waals surface area contributed by atoms with Gasteiger partial charge < -0.3 is 8.83 Å². The number of aromatic nitrogens is 4. The van der Waals surface area contributed by atoms with Crippen molar-refractivity contribution in [2.24, 2.45) is 0 Å². The number of furan rings is 1. The molecule has 232 valence electrons. The van der Waals surface area contributed by atoms with Crippen LogP contribution in [0.2, 0.25) is 0 Å². The lowest BCUT2D eigenvalue weighted by Gasteiger charge is -2.21. The standard InChI is InChI=1S/C43H28N4O2/c1-43(2)33-24-27(20-21-28(33)30-22-23-34-38(36(30)43)49-42(44-34)26-14-7-4-8-15-26)40-45-39(25-12-5-3-6-13-25)46-41(47-40)32-18-11-17-31-29-16-9-10-19-35(29)48-37(31)32/h3-24H,1-2H3. The van der Waals surface area contributed by atoms with Gasteiger partial charge in [0.2, 0.25) is 5.89 Å². The maximum absolute atomic E-state index is 6.51. The Morgan fingerprint density at radius 1 is 0.469 bits per heavy atom. The Labute approximate surface area is 281 Å². The minimum Gasteiger partial charge on any atom is -0.455 e. The molecule has 0 aliphatic heterocycles. The molecule has 0 spiro atoms. The maximum Gasteiger partial charge on any atom is 0.227 e. The van der Waals surface area contributed by atoms with Gasteiger partial charge in [-0.15, -0.1) is 0 Å². The Hall–Kier alpha value is -6.40. The molecular weight excluding hydrogens is 604 g/mol. The van der Waals surface area contributed by atoms with Crippen LogP contribution >= 0.6 is 0 Å². The summed E-state index contributed by atoms with van der Waals surface area (Å²) in [5, 5.41) is 2.09. The summed E-state index contributed by atoms with van der Waals surface area (Å²) in [6.07, 6.45) is 0. The van der Waals surface area contributed by atoms with Gasteiger partial charge in [-0.2, -0.15) is 0 Å². The molecule has 1 aliphatic carbocycles. The molecule has 6 nitrogen and oxygen atoms in total. The molecule has 1 aliphatic rings. The van der Waals surface area contributed by atoms with Gasteiger partial charge in [0.05, 0.1) is 5.56 Å². The smallest absolute Gasteiger partial charge is 0.227 e. The van der Waals surface area contributed by atoms with E-state index in [0.29, 0.717) is 23.4 Å². The summed E-state index contributed by atoms with van der Waals surface area (Å²) in [7, 11) is 0. The first-order valence-corrected chi connectivity index (χ1v) is 16.4. The van der Waals surface area contributed by atoms with E-state index >= 15 is 0 Å². The van der Waals surface area contributed by atoms with Crippen LogP contribution in [-0.4, -0.2) is 19.9 Å². The number of benzene rings is 6. The predicted octanol–water partition coefficient (Wildman–Crippen LogP) is 10.9. The second-order valence-electron chi connectivity index (χ2n) is 13.1. The highest BCUT2D eigenvalue weighted by Gasteiger charge is 2.39. The molecule has 0 bridgehead atoms. The van der Waals surface area contributed by atoms with Crippen molar-refractivity contribution in [3.63, 3.8) is 0 Å². The highest BCUT2D eigenvalue weighted by Crippen LogP contribution is 2.52. The van der Waals surface area contributed by atoms with E-state index in [9.17, 15) is 0 Å². The first-order chi connectivity index (χ1) is 24.0. The second-order valence-corrected chi connectivity index (χ2v) is 13.1. The average molecular weight is 633 g/mol. The Balaban J connectivity index is 1.14. The molecule has 0 radical (unpaired) electrons. The Kier molecular flexibility index (Phi) is 5.82. The van der Waals surface area contributed by atoms with Crippen molar-refractivity contribution in [2.45, 2.75) is 19.3 Å². The molecule has 10 rings (SSSR count). The van der Waals surface area contributed by atoms with Gasteiger partial charge >= 0.3 is 0 Å². The quantitative estimate of drug-likeness (QED) is 0.192. The zero-order chi connectivity index (χ0) is 32.7. The largest absolute Gasteiger partial charge is 0.455 e. The zero-order valence-corrected chi connectivity index (χ0v) is 26.8. The van der Waals surface area contributed by atoms with Crippen molar-refractivity contribution in [3.05, 3.63) is 145 Å². The van der Waals surface area contributed by atoms with E-state index in [-0.39, 0.29) is 5.41 Å². The van der Waals surface area contributed by atoms with E-state index in [1.54, 1.807) is 0 Å². The van der Waals surface area contributed by atoms with E-state index < -0.39 is 0 Å². The third kappa shape index (κ3) is 4.20. The number of nitrogens with zero attached hydrogens (tertiary/aromatic N) is 4. The number of fused-ring (bicyclic) bond motifs is 8. The van der Waals surface area contributed by atoms with E-state index in [4.69, 9.17) is 28.8 Å². The summed E-state index contributed by atoms with van der Waals surface area (Å²) >= 11 is 0. The van der Waals surface area contributed by atoms with Crippen molar-refractivity contribution < 1.29 is 8.83 Å². The molecule has 49 heavy (non-hydrogen) atoms. The van der Waals surface area contributed by atoms with Crippen LogP contribution < -0.4 is 0 Å². The van der Waals surface area contributed by atoms with Crippen LogP contribution in [0, 0.1) is 0 Å². The molecule has 0 saturated heterocycles.